The van der Waals surface area contributed by atoms with Crippen molar-refractivity contribution in [2.24, 2.45) is 5.16 Å². The van der Waals surface area contributed by atoms with Crippen LogP contribution in [0, 0.1) is 0 Å². The van der Waals surface area contributed by atoms with Crippen LogP contribution >= 0.6 is 0 Å². The first-order valence-corrected chi connectivity index (χ1v) is 7.86. The first-order valence-electron chi connectivity index (χ1n) is 7.86. The molecule has 1 amide bonds. The Morgan fingerprint density at radius 3 is 2.80 bits per heavy atom. The van der Waals surface area contributed by atoms with Crippen LogP contribution in [0.2, 0.25) is 0 Å². The van der Waals surface area contributed by atoms with Crippen molar-refractivity contribution in [3.05, 3.63) is 53.6 Å². The van der Waals surface area contributed by atoms with Crippen molar-refractivity contribution in [1.29, 1.82) is 0 Å². The van der Waals surface area contributed by atoms with Gasteiger partial charge in [0, 0.05) is 23.9 Å². The first kappa shape index (κ1) is 15.4. The molecule has 2 atom stereocenters. The quantitative estimate of drug-likeness (QED) is 0.494. The number of carbonyl (C=O) groups is 2. The van der Waals surface area contributed by atoms with Crippen LogP contribution in [-0.2, 0) is 14.4 Å². The third-order valence-electron chi connectivity index (χ3n) is 4.37. The van der Waals surface area contributed by atoms with Crippen LogP contribution in [0.3, 0.4) is 0 Å². The van der Waals surface area contributed by atoms with Gasteiger partial charge in [-0.1, -0.05) is 41.0 Å². The fraction of sp³-hybridized carbons (Fsp3) is 0.167. The summed E-state index contributed by atoms with van der Waals surface area (Å²) in [4.78, 5) is 28.7. The number of oxime groups is 1. The predicted octanol–water partition coefficient (Wildman–Crippen LogP) is 1.28. The maximum atomic E-state index is 12.6. The van der Waals surface area contributed by atoms with Gasteiger partial charge in [0.05, 0.1) is 12.0 Å². The highest BCUT2D eigenvalue weighted by molar-refractivity contribution is 6.33. The fourth-order valence-corrected chi connectivity index (χ4v) is 3.33. The second-order valence-corrected chi connectivity index (χ2v) is 6.04. The summed E-state index contributed by atoms with van der Waals surface area (Å²) >= 11 is 0. The molecule has 2 aromatic rings. The zero-order valence-electron chi connectivity index (χ0n) is 13.4. The number of anilines is 2. The molecule has 0 aromatic heterocycles. The minimum Gasteiger partial charge on any atom is -0.375 e. The van der Waals surface area contributed by atoms with Gasteiger partial charge in [-0.3, -0.25) is 4.79 Å². The molecule has 2 radical (unpaired) electrons. The van der Waals surface area contributed by atoms with Gasteiger partial charge in [-0.25, -0.2) is 4.79 Å². The normalized spacial score (nSPS) is 22.1. The average Bonchev–Trinajstić information content (AvgIpc) is 3.08. The number of nitrogens with zero attached hydrogens (tertiary/aromatic N) is 1. The highest BCUT2D eigenvalue weighted by atomic mass is 16.7. The SMILES string of the molecule is [B]c1ccc2c(c1)NC(=O)C2C1Nc2ccccc2C1=NOC(C)=O. The van der Waals surface area contributed by atoms with Gasteiger partial charge in [0.1, 0.15) is 13.6 Å². The van der Waals surface area contributed by atoms with Crippen LogP contribution < -0.4 is 16.1 Å². The minimum atomic E-state index is -0.514. The molecule has 2 aliphatic rings. The van der Waals surface area contributed by atoms with Gasteiger partial charge >= 0.3 is 5.97 Å². The van der Waals surface area contributed by atoms with E-state index in [0.29, 0.717) is 16.9 Å². The second kappa shape index (κ2) is 5.77. The Morgan fingerprint density at radius 1 is 1.20 bits per heavy atom. The summed E-state index contributed by atoms with van der Waals surface area (Å²) < 4.78 is 0. The Labute approximate surface area is 145 Å². The van der Waals surface area contributed by atoms with E-state index in [4.69, 9.17) is 12.7 Å². The molecule has 0 fully saturated rings. The Bertz CT molecular complexity index is 926. The summed E-state index contributed by atoms with van der Waals surface area (Å²) in [6, 6.07) is 12.4. The number of hydrogen-bond donors (Lipinski definition) is 2. The number of nitrogens with one attached hydrogen (secondary N) is 2. The molecule has 0 saturated heterocycles. The summed E-state index contributed by atoms with van der Waals surface area (Å²) in [5.41, 5.74) is 4.28. The van der Waals surface area contributed by atoms with E-state index in [9.17, 15) is 9.59 Å². The van der Waals surface area contributed by atoms with Gasteiger partial charge in [-0.05, 0) is 17.7 Å². The third-order valence-corrected chi connectivity index (χ3v) is 4.37. The van der Waals surface area contributed by atoms with Crippen LogP contribution in [0.4, 0.5) is 11.4 Å². The molecule has 6 nitrogen and oxygen atoms in total. The summed E-state index contributed by atoms with van der Waals surface area (Å²) in [6.07, 6.45) is 0. The summed E-state index contributed by atoms with van der Waals surface area (Å²) in [7, 11) is 5.80. The third kappa shape index (κ3) is 2.57. The van der Waals surface area contributed by atoms with Crippen LogP contribution in [0.25, 0.3) is 0 Å². The maximum Gasteiger partial charge on any atom is 0.331 e. The van der Waals surface area contributed by atoms with E-state index in [1.165, 1.54) is 6.92 Å². The van der Waals surface area contributed by atoms with Crippen molar-refractivity contribution >= 4 is 42.3 Å². The number of fused-ring (bicyclic) bond motifs is 2. The molecule has 0 saturated carbocycles. The lowest BCUT2D eigenvalue weighted by Gasteiger charge is -2.18. The lowest BCUT2D eigenvalue weighted by Crippen LogP contribution is -2.35. The van der Waals surface area contributed by atoms with Crippen molar-refractivity contribution in [2.75, 3.05) is 10.6 Å². The summed E-state index contributed by atoms with van der Waals surface area (Å²) in [5, 5.41) is 10.2. The molecule has 122 valence electrons. The summed E-state index contributed by atoms with van der Waals surface area (Å²) in [5.74, 6) is -1.17. The van der Waals surface area contributed by atoms with Gasteiger partial charge in [0.15, 0.2) is 0 Å². The number of rotatable bonds is 2. The maximum absolute atomic E-state index is 12.6. The van der Waals surface area contributed by atoms with Crippen molar-refractivity contribution in [3.8, 4) is 0 Å². The molecule has 2 aliphatic heterocycles. The van der Waals surface area contributed by atoms with E-state index < -0.39 is 17.9 Å². The molecule has 2 aromatic carbocycles. The Balaban J connectivity index is 1.79. The van der Waals surface area contributed by atoms with E-state index in [0.717, 1.165) is 16.8 Å². The molecule has 0 aliphatic carbocycles. The molecule has 25 heavy (non-hydrogen) atoms. The largest absolute Gasteiger partial charge is 0.375 e. The molecule has 2 unspecified atom stereocenters. The molecule has 4 rings (SSSR count). The molecule has 0 spiro atoms. The first-order chi connectivity index (χ1) is 12.0. The highest BCUT2D eigenvalue weighted by Gasteiger charge is 2.43. The van der Waals surface area contributed by atoms with Gasteiger partial charge < -0.3 is 15.5 Å². The van der Waals surface area contributed by atoms with Crippen molar-refractivity contribution in [2.45, 2.75) is 18.9 Å². The number of para-hydroxylation sites is 1. The topological polar surface area (TPSA) is 79.8 Å². The van der Waals surface area contributed by atoms with Crippen LogP contribution in [-0.4, -0.2) is 31.5 Å². The monoisotopic (exact) mass is 331 g/mol. The van der Waals surface area contributed by atoms with Crippen LogP contribution in [0.15, 0.2) is 47.6 Å². The second-order valence-electron chi connectivity index (χ2n) is 6.04. The zero-order valence-corrected chi connectivity index (χ0v) is 13.4. The van der Waals surface area contributed by atoms with E-state index in [-0.39, 0.29) is 5.91 Å². The van der Waals surface area contributed by atoms with Crippen molar-refractivity contribution < 1.29 is 14.4 Å². The Kier molecular flexibility index (Phi) is 3.56. The number of hydrogen-bond acceptors (Lipinski definition) is 5. The molecular formula is C18H14BN3O3. The van der Waals surface area contributed by atoms with E-state index in [1.807, 2.05) is 30.3 Å². The Morgan fingerprint density at radius 2 is 2.00 bits per heavy atom. The smallest absolute Gasteiger partial charge is 0.331 e. The molecular weight excluding hydrogens is 317 g/mol. The van der Waals surface area contributed by atoms with Crippen LogP contribution in [0.1, 0.15) is 24.0 Å². The number of benzene rings is 2. The van der Waals surface area contributed by atoms with Gasteiger partial charge in [0.2, 0.25) is 5.91 Å². The van der Waals surface area contributed by atoms with Gasteiger partial charge in [-0.15, -0.1) is 0 Å². The lowest BCUT2D eigenvalue weighted by molar-refractivity contribution is -0.140. The number of carbonyl (C=O) groups excluding carboxylic acids is 2. The van der Waals surface area contributed by atoms with Crippen molar-refractivity contribution in [3.63, 3.8) is 0 Å². The van der Waals surface area contributed by atoms with E-state index in [1.54, 1.807) is 12.1 Å². The minimum absolute atomic E-state index is 0.151. The van der Waals surface area contributed by atoms with Gasteiger partial charge in [-0.2, -0.15) is 0 Å². The highest BCUT2D eigenvalue weighted by Crippen LogP contribution is 2.40. The average molecular weight is 331 g/mol. The Hall–Kier alpha value is -3.09. The van der Waals surface area contributed by atoms with E-state index >= 15 is 0 Å². The van der Waals surface area contributed by atoms with Crippen molar-refractivity contribution in [1.82, 2.24) is 0 Å². The summed E-state index contributed by atoms with van der Waals surface area (Å²) in [6.45, 7) is 1.29. The molecule has 2 N–H and O–H groups in total. The van der Waals surface area contributed by atoms with E-state index in [2.05, 4.69) is 15.8 Å². The lowest BCUT2D eigenvalue weighted by atomic mass is 9.87. The fourth-order valence-electron chi connectivity index (χ4n) is 3.33. The van der Waals surface area contributed by atoms with Crippen LogP contribution in [0.5, 0.6) is 0 Å². The number of amides is 1. The molecule has 7 heteroatoms. The standard InChI is InChI=1S/C18H14BN3O3/c1-9(23)25-22-16-12-4-2-3-5-13(12)20-17(16)15-11-7-6-10(19)8-14(11)21-18(15)24/h2-8,15,17,20H,1H3,(H,21,24). The zero-order chi connectivity index (χ0) is 17.6. The molecule has 2 heterocycles. The van der Waals surface area contributed by atoms with Gasteiger partial charge in [0.25, 0.3) is 0 Å². The predicted molar refractivity (Wildman–Crippen MR) is 95.4 cm³/mol. The molecule has 0 bridgehead atoms.